The van der Waals surface area contributed by atoms with Crippen LogP contribution in [-0.4, -0.2) is 4.90 Å². The molecule has 0 bridgehead atoms. The molecule has 1 heterocycles. The van der Waals surface area contributed by atoms with Gasteiger partial charge in [0.25, 0.3) is 0 Å². The number of hydrogen-bond acceptors (Lipinski definition) is 1. The lowest BCUT2D eigenvalue weighted by molar-refractivity contribution is 0.423. The standard InChI is InChI=1S/C19H21N/c1-13-9-15(3)19(10-14(13)2)16(4)20-11-17-7-5-6-8-18(17)12-20/h5-10H,4,11-12H2,1-3H3. The van der Waals surface area contributed by atoms with Gasteiger partial charge in [-0.15, -0.1) is 0 Å². The summed E-state index contributed by atoms with van der Waals surface area (Å²) in [7, 11) is 0. The van der Waals surface area contributed by atoms with Gasteiger partial charge in [-0.1, -0.05) is 36.9 Å². The van der Waals surface area contributed by atoms with Gasteiger partial charge in [-0.25, -0.2) is 0 Å². The summed E-state index contributed by atoms with van der Waals surface area (Å²) >= 11 is 0. The van der Waals surface area contributed by atoms with Gasteiger partial charge in [-0.05, 0) is 54.7 Å². The van der Waals surface area contributed by atoms with E-state index in [1.165, 1.54) is 33.4 Å². The van der Waals surface area contributed by atoms with Crippen LogP contribution in [0.4, 0.5) is 0 Å². The first-order valence-corrected chi connectivity index (χ1v) is 7.15. The van der Waals surface area contributed by atoms with E-state index in [-0.39, 0.29) is 0 Å². The number of aryl methyl sites for hydroxylation is 3. The quantitative estimate of drug-likeness (QED) is 0.765. The molecule has 1 heteroatoms. The van der Waals surface area contributed by atoms with Crippen molar-refractivity contribution in [3.63, 3.8) is 0 Å². The topological polar surface area (TPSA) is 3.24 Å². The first-order chi connectivity index (χ1) is 9.56. The number of hydrogen-bond donors (Lipinski definition) is 0. The monoisotopic (exact) mass is 263 g/mol. The summed E-state index contributed by atoms with van der Waals surface area (Å²) < 4.78 is 0. The lowest BCUT2D eigenvalue weighted by Gasteiger charge is -2.23. The molecule has 1 aliphatic heterocycles. The van der Waals surface area contributed by atoms with Crippen LogP contribution in [-0.2, 0) is 13.1 Å². The molecule has 0 saturated carbocycles. The Bertz CT molecular complexity index is 657. The van der Waals surface area contributed by atoms with Gasteiger partial charge in [-0.3, -0.25) is 0 Å². The minimum absolute atomic E-state index is 0.974. The Balaban J connectivity index is 1.90. The maximum Gasteiger partial charge on any atom is 0.0436 e. The van der Waals surface area contributed by atoms with Crippen molar-refractivity contribution >= 4 is 5.70 Å². The summed E-state index contributed by atoms with van der Waals surface area (Å²) in [5.41, 5.74) is 9.27. The molecule has 1 aliphatic rings. The van der Waals surface area contributed by atoms with Crippen LogP contribution < -0.4 is 0 Å². The van der Waals surface area contributed by atoms with Gasteiger partial charge in [0.05, 0.1) is 0 Å². The van der Waals surface area contributed by atoms with Crippen molar-refractivity contribution in [1.82, 2.24) is 4.90 Å². The Labute approximate surface area is 121 Å². The maximum absolute atomic E-state index is 4.35. The molecule has 0 unspecified atom stereocenters. The molecular formula is C19H21N. The molecule has 0 atom stereocenters. The fourth-order valence-corrected chi connectivity index (χ4v) is 2.97. The highest BCUT2D eigenvalue weighted by atomic mass is 15.1. The van der Waals surface area contributed by atoms with Gasteiger partial charge < -0.3 is 4.90 Å². The largest absolute Gasteiger partial charge is 0.363 e. The molecule has 102 valence electrons. The Morgan fingerprint density at radius 1 is 0.900 bits per heavy atom. The average Bonchev–Trinajstić information content (AvgIpc) is 2.86. The van der Waals surface area contributed by atoms with E-state index in [4.69, 9.17) is 0 Å². The first-order valence-electron chi connectivity index (χ1n) is 7.15. The van der Waals surface area contributed by atoms with E-state index in [1.807, 2.05) is 0 Å². The van der Waals surface area contributed by atoms with E-state index in [2.05, 4.69) is 68.6 Å². The lowest BCUT2D eigenvalue weighted by Crippen LogP contribution is -2.14. The minimum atomic E-state index is 0.974. The van der Waals surface area contributed by atoms with Gasteiger partial charge in [0, 0.05) is 24.4 Å². The molecule has 0 spiro atoms. The number of fused-ring (bicyclic) bond motifs is 1. The highest BCUT2D eigenvalue weighted by molar-refractivity contribution is 5.67. The van der Waals surface area contributed by atoms with Gasteiger partial charge >= 0.3 is 0 Å². The van der Waals surface area contributed by atoms with Crippen molar-refractivity contribution in [2.24, 2.45) is 0 Å². The summed E-state index contributed by atoms with van der Waals surface area (Å²) in [6.07, 6.45) is 0. The van der Waals surface area contributed by atoms with E-state index >= 15 is 0 Å². The number of benzene rings is 2. The molecule has 2 aromatic carbocycles. The fraction of sp³-hybridized carbons (Fsp3) is 0.263. The fourth-order valence-electron chi connectivity index (χ4n) is 2.97. The van der Waals surface area contributed by atoms with Crippen LogP contribution in [0.15, 0.2) is 43.0 Å². The Morgan fingerprint density at radius 2 is 1.45 bits per heavy atom. The van der Waals surface area contributed by atoms with Gasteiger partial charge in [0.15, 0.2) is 0 Å². The van der Waals surface area contributed by atoms with E-state index in [1.54, 1.807) is 0 Å². The van der Waals surface area contributed by atoms with Crippen molar-refractivity contribution in [2.45, 2.75) is 33.9 Å². The molecule has 0 amide bonds. The second kappa shape index (κ2) is 4.82. The zero-order valence-electron chi connectivity index (χ0n) is 12.5. The molecule has 0 aliphatic carbocycles. The van der Waals surface area contributed by atoms with Crippen LogP contribution in [0.5, 0.6) is 0 Å². The van der Waals surface area contributed by atoms with E-state index in [9.17, 15) is 0 Å². The van der Waals surface area contributed by atoms with Crippen LogP contribution in [0, 0.1) is 20.8 Å². The molecule has 0 saturated heterocycles. The predicted octanol–water partition coefficient (Wildman–Crippen LogP) is 4.60. The van der Waals surface area contributed by atoms with Crippen LogP contribution in [0.2, 0.25) is 0 Å². The van der Waals surface area contributed by atoms with Crippen molar-refractivity contribution < 1.29 is 0 Å². The van der Waals surface area contributed by atoms with Crippen LogP contribution in [0.3, 0.4) is 0 Å². The van der Waals surface area contributed by atoms with E-state index in [0.717, 1.165) is 18.8 Å². The molecular weight excluding hydrogens is 242 g/mol. The SMILES string of the molecule is C=C(c1cc(C)c(C)cc1C)N1Cc2ccccc2C1. The third-order valence-electron chi connectivity index (χ3n) is 4.37. The van der Waals surface area contributed by atoms with Gasteiger partial charge in [0.1, 0.15) is 0 Å². The molecule has 1 nitrogen and oxygen atoms in total. The van der Waals surface area contributed by atoms with Crippen LogP contribution in [0.1, 0.15) is 33.4 Å². The number of rotatable bonds is 2. The second-order valence-corrected chi connectivity index (χ2v) is 5.82. The molecule has 2 aromatic rings. The molecule has 0 fully saturated rings. The third kappa shape index (κ3) is 2.14. The summed E-state index contributed by atoms with van der Waals surface area (Å²) in [4.78, 5) is 2.38. The lowest BCUT2D eigenvalue weighted by atomic mass is 9.98. The van der Waals surface area contributed by atoms with Crippen LogP contribution in [0.25, 0.3) is 5.70 Å². The Kier molecular flexibility index (Phi) is 3.13. The normalized spacial score (nSPS) is 13.4. The Hall–Kier alpha value is -2.02. The molecule has 20 heavy (non-hydrogen) atoms. The first kappa shape index (κ1) is 13.0. The number of nitrogens with zero attached hydrogens (tertiary/aromatic N) is 1. The zero-order valence-corrected chi connectivity index (χ0v) is 12.5. The predicted molar refractivity (Wildman–Crippen MR) is 85.4 cm³/mol. The van der Waals surface area contributed by atoms with E-state index in [0.29, 0.717) is 0 Å². The average molecular weight is 263 g/mol. The smallest absolute Gasteiger partial charge is 0.0436 e. The van der Waals surface area contributed by atoms with Crippen molar-refractivity contribution in [3.05, 3.63) is 76.4 Å². The summed E-state index contributed by atoms with van der Waals surface area (Å²) in [6.45, 7) is 12.8. The molecule has 0 N–H and O–H groups in total. The minimum Gasteiger partial charge on any atom is -0.363 e. The van der Waals surface area contributed by atoms with Crippen molar-refractivity contribution in [3.8, 4) is 0 Å². The highest BCUT2D eigenvalue weighted by Gasteiger charge is 2.21. The zero-order chi connectivity index (χ0) is 14.3. The van der Waals surface area contributed by atoms with Gasteiger partial charge in [0.2, 0.25) is 0 Å². The molecule has 0 aromatic heterocycles. The maximum atomic E-state index is 4.35. The molecule has 3 rings (SSSR count). The van der Waals surface area contributed by atoms with E-state index < -0.39 is 0 Å². The summed E-state index contributed by atoms with van der Waals surface area (Å²) in [6, 6.07) is 13.2. The second-order valence-electron chi connectivity index (χ2n) is 5.82. The van der Waals surface area contributed by atoms with Crippen molar-refractivity contribution in [1.29, 1.82) is 0 Å². The summed E-state index contributed by atoms with van der Waals surface area (Å²) in [5.74, 6) is 0. The highest BCUT2D eigenvalue weighted by Crippen LogP contribution is 2.31. The summed E-state index contributed by atoms with van der Waals surface area (Å²) in [5, 5.41) is 0. The Morgan fingerprint density at radius 3 is 2.05 bits per heavy atom. The van der Waals surface area contributed by atoms with Crippen LogP contribution >= 0.6 is 0 Å². The third-order valence-corrected chi connectivity index (χ3v) is 4.37. The van der Waals surface area contributed by atoms with Gasteiger partial charge in [-0.2, -0.15) is 0 Å². The molecule has 0 radical (unpaired) electrons. The van der Waals surface area contributed by atoms with Crippen molar-refractivity contribution in [2.75, 3.05) is 0 Å².